The van der Waals surface area contributed by atoms with Crippen LogP contribution in [0.5, 0.6) is 0 Å². The van der Waals surface area contributed by atoms with Gasteiger partial charge in [0, 0.05) is 25.5 Å². The molecule has 0 saturated heterocycles. The molecule has 0 atom stereocenters. The second-order valence-corrected chi connectivity index (χ2v) is 9.76. The van der Waals surface area contributed by atoms with Gasteiger partial charge in [-0.3, -0.25) is 4.79 Å². The Bertz CT molecular complexity index is 953. The van der Waals surface area contributed by atoms with Crippen LogP contribution in [0.25, 0.3) is 6.08 Å². The minimum atomic E-state index is -3.56. The fraction of sp³-hybridized carbons (Fsp3) is 0.286. The number of aryl methyl sites for hydroxylation is 1. The third-order valence-electron chi connectivity index (χ3n) is 4.25. The second-order valence-electron chi connectivity index (χ2n) is 6.58. The van der Waals surface area contributed by atoms with Crippen LogP contribution in [0.1, 0.15) is 16.7 Å². The summed E-state index contributed by atoms with van der Waals surface area (Å²) in [5, 5.41) is 2.84. The monoisotopic (exact) mass is 418 g/mol. The van der Waals surface area contributed by atoms with Gasteiger partial charge >= 0.3 is 0 Å². The number of carbonyl (C=O) groups is 1. The Morgan fingerprint density at radius 2 is 1.82 bits per heavy atom. The first-order valence-corrected chi connectivity index (χ1v) is 11.4. The first kappa shape index (κ1) is 22.2. The topological polar surface area (TPSA) is 66.5 Å². The number of amides is 1. The first-order valence-electron chi connectivity index (χ1n) is 8.85. The van der Waals surface area contributed by atoms with Crippen LogP contribution in [0.2, 0.25) is 0 Å². The lowest BCUT2D eigenvalue weighted by atomic mass is 10.1. The third kappa shape index (κ3) is 5.95. The number of rotatable bonds is 8. The normalized spacial score (nSPS) is 11.9. The maximum absolute atomic E-state index is 12.4. The molecule has 2 aromatic carbocycles. The predicted molar refractivity (Wildman–Crippen MR) is 118 cm³/mol. The van der Waals surface area contributed by atoms with E-state index in [1.54, 1.807) is 6.07 Å². The van der Waals surface area contributed by atoms with E-state index < -0.39 is 10.0 Å². The van der Waals surface area contributed by atoms with Crippen LogP contribution in [0.3, 0.4) is 0 Å². The number of hydrogen-bond acceptors (Lipinski definition) is 4. The molecule has 0 bridgehead atoms. The largest absolute Gasteiger partial charge is 0.325 e. The molecule has 0 saturated carbocycles. The standard InChI is InChI=1S/C21H26N2O3S2/c1-16-13-19(28(25,26)23(3)4)14-20(17(16)2)22-21(24)15-27-12-8-11-18-9-6-5-7-10-18/h5-11,13-14H,12,15H2,1-4H3,(H,22,24)/b11-8+. The molecule has 0 radical (unpaired) electrons. The summed E-state index contributed by atoms with van der Waals surface area (Å²) in [4.78, 5) is 12.5. The smallest absolute Gasteiger partial charge is 0.242 e. The van der Waals surface area contributed by atoms with Crippen LogP contribution in [0.4, 0.5) is 5.69 Å². The fourth-order valence-electron chi connectivity index (χ4n) is 2.47. The molecule has 0 aromatic heterocycles. The lowest BCUT2D eigenvalue weighted by Crippen LogP contribution is -2.23. The van der Waals surface area contributed by atoms with Crippen LogP contribution < -0.4 is 5.32 Å². The number of hydrogen-bond donors (Lipinski definition) is 1. The number of benzene rings is 2. The number of nitrogens with zero attached hydrogens (tertiary/aromatic N) is 1. The number of thioether (sulfide) groups is 1. The summed E-state index contributed by atoms with van der Waals surface area (Å²) in [6.45, 7) is 3.70. The highest BCUT2D eigenvalue weighted by Crippen LogP contribution is 2.25. The first-order chi connectivity index (χ1) is 13.2. The van der Waals surface area contributed by atoms with E-state index in [9.17, 15) is 13.2 Å². The molecule has 0 aliphatic heterocycles. The van der Waals surface area contributed by atoms with Gasteiger partial charge in [0.05, 0.1) is 10.6 Å². The van der Waals surface area contributed by atoms with E-state index in [-0.39, 0.29) is 10.8 Å². The van der Waals surface area contributed by atoms with E-state index in [4.69, 9.17) is 0 Å². The minimum Gasteiger partial charge on any atom is -0.325 e. The van der Waals surface area contributed by atoms with Crippen molar-refractivity contribution in [2.24, 2.45) is 0 Å². The molecular weight excluding hydrogens is 392 g/mol. The van der Waals surface area contributed by atoms with Gasteiger partial charge in [0.25, 0.3) is 0 Å². The summed E-state index contributed by atoms with van der Waals surface area (Å²) < 4.78 is 26.0. The zero-order chi connectivity index (χ0) is 20.7. The van der Waals surface area contributed by atoms with Gasteiger partial charge in [-0.2, -0.15) is 0 Å². The van der Waals surface area contributed by atoms with Crippen molar-refractivity contribution in [2.75, 3.05) is 30.9 Å². The third-order valence-corrected chi connectivity index (χ3v) is 6.94. The van der Waals surface area contributed by atoms with Crippen molar-refractivity contribution in [1.29, 1.82) is 0 Å². The molecule has 0 aliphatic carbocycles. The van der Waals surface area contributed by atoms with Crippen molar-refractivity contribution in [2.45, 2.75) is 18.7 Å². The molecule has 0 aliphatic rings. The van der Waals surface area contributed by atoms with Gasteiger partial charge in [0.15, 0.2) is 0 Å². The second kappa shape index (κ2) is 9.91. The number of carbonyl (C=O) groups excluding carboxylic acids is 1. The Morgan fingerprint density at radius 3 is 2.46 bits per heavy atom. The van der Waals surface area contributed by atoms with Gasteiger partial charge in [-0.1, -0.05) is 42.5 Å². The molecule has 5 nitrogen and oxygen atoms in total. The van der Waals surface area contributed by atoms with Crippen molar-refractivity contribution in [3.63, 3.8) is 0 Å². The fourth-order valence-corrected chi connectivity index (χ4v) is 4.09. The average molecular weight is 419 g/mol. The van der Waals surface area contributed by atoms with E-state index in [0.29, 0.717) is 11.4 Å². The lowest BCUT2D eigenvalue weighted by molar-refractivity contribution is -0.113. The van der Waals surface area contributed by atoms with Crippen molar-refractivity contribution in [3.05, 3.63) is 65.2 Å². The van der Waals surface area contributed by atoms with Crippen molar-refractivity contribution >= 4 is 39.5 Å². The molecule has 150 valence electrons. The van der Waals surface area contributed by atoms with Crippen LogP contribution in [-0.4, -0.2) is 44.2 Å². The summed E-state index contributed by atoms with van der Waals surface area (Å²) in [6, 6.07) is 13.1. The minimum absolute atomic E-state index is 0.153. The van der Waals surface area contributed by atoms with Crippen LogP contribution in [0.15, 0.2) is 53.4 Å². The number of nitrogens with one attached hydrogen (secondary N) is 1. The molecular formula is C21H26N2O3S2. The average Bonchev–Trinajstić information content (AvgIpc) is 2.65. The summed E-state index contributed by atoms with van der Waals surface area (Å²) in [7, 11) is -0.580. The van der Waals surface area contributed by atoms with Gasteiger partial charge in [0.2, 0.25) is 15.9 Å². The van der Waals surface area contributed by atoms with Gasteiger partial charge < -0.3 is 5.32 Å². The molecule has 1 amide bonds. The molecule has 2 aromatic rings. The van der Waals surface area contributed by atoms with Gasteiger partial charge in [-0.05, 0) is 42.7 Å². The van der Waals surface area contributed by atoms with Crippen molar-refractivity contribution in [3.8, 4) is 0 Å². The zero-order valence-electron chi connectivity index (χ0n) is 16.6. The quantitative estimate of drug-likeness (QED) is 0.660. The van der Waals surface area contributed by atoms with Crippen molar-refractivity contribution in [1.82, 2.24) is 4.31 Å². The van der Waals surface area contributed by atoms with E-state index in [2.05, 4.69) is 5.32 Å². The number of sulfonamides is 1. The van der Waals surface area contributed by atoms with E-state index in [1.165, 1.54) is 31.9 Å². The Morgan fingerprint density at radius 1 is 1.14 bits per heavy atom. The maximum Gasteiger partial charge on any atom is 0.242 e. The molecule has 2 rings (SSSR count). The van der Waals surface area contributed by atoms with Gasteiger partial charge in [-0.25, -0.2) is 12.7 Å². The molecule has 1 N–H and O–H groups in total. The van der Waals surface area contributed by atoms with Crippen LogP contribution >= 0.6 is 11.8 Å². The molecule has 0 fully saturated rings. The lowest BCUT2D eigenvalue weighted by Gasteiger charge is -2.16. The van der Waals surface area contributed by atoms with Crippen LogP contribution in [-0.2, 0) is 14.8 Å². The Hall–Kier alpha value is -2.09. The number of anilines is 1. The summed E-state index contributed by atoms with van der Waals surface area (Å²) in [6.07, 6.45) is 4.04. The Balaban J connectivity index is 1.98. The highest BCUT2D eigenvalue weighted by atomic mass is 32.2. The van der Waals surface area contributed by atoms with E-state index >= 15 is 0 Å². The Labute approximate surface area is 171 Å². The molecule has 28 heavy (non-hydrogen) atoms. The summed E-state index contributed by atoms with van der Waals surface area (Å²) in [5.41, 5.74) is 3.33. The maximum atomic E-state index is 12.4. The summed E-state index contributed by atoms with van der Waals surface area (Å²) >= 11 is 1.50. The van der Waals surface area contributed by atoms with Crippen LogP contribution in [0, 0.1) is 13.8 Å². The molecule has 0 spiro atoms. The molecule has 7 heteroatoms. The predicted octanol–water partition coefficient (Wildman–Crippen LogP) is 3.94. The highest BCUT2D eigenvalue weighted by molar-refractivity contribution is 8.00. The van der Waals surface area contributed by atoms with Gasteiger partial charge in [0.1, 0.15) is 0 Å². The molecule has 0 unspecified atom stereocenters. The summed E-state index contributed by atoms with van der Waals surface area (Å²) in [5.74, 6) is 0.859. The van der Waals surface area contributed by atoms with Gasteiger partial charge in [-0.15, -0.1) is 11.8 Å². The van der Waals surface area contributed by atoms with E-state index in [0.717, 1.165) is 26.7 Å². The van der Waals surface area contributed by atoms with Crippen molar-refractivity contribution < 1.29 is 13.2 Å². The highest BCUT2D eigenvalue weighted by Gasteiger charge is 2.20. The SMILES string of the molecule is Cc1cc(S(=O)(=O)N(C)C)cc(NC(=O)CSC/C=C/c2ccccc2)c1C. The molecule has 0 heterocycles. The Kier molecular flexibility index (Phi) is 7.86. The van der Waals surface area contributed by atoms with E-state index in [1.807, 2.05) is 56.3 Å². The zero-order valence-corrected chi connectivity index (χ0v) is 18.2.